The molecule has 1 aromatic carbocycles. The number of carbonyl (C=O) groups is 1. The molecule has 0 aliphatic rings. The molecule has 166 valence electrons. The Morgan fingerprint density at radius 3 is 1.48 bits per heavy atom. The van der Waals surface area contributed by atoms with Gasteiger partial charge in [0.1, 0.15) is 0 Å². The molecule has 0 bridgehead atoms. The van der Waals surface area contributed by atoms with Crippen molar-refractivity contribution in [2.24, 2.45) is 0 Å². The molecule has 0 radical (unpaired) electrons. The second-order valence-electron chi connectivity index (χ2n) is 6.92. The van der Waals surface area contributed by atoms with Crippen molar-refractivity contribution in [2.45, 2.75) is 80.1 Å². The summed E-state index contributed by atoms with van der Waals surface area (Å²) >= 11 is 0. The second-order valence-corrected chi connectivity index (χ2v) is 6.92. The molecule has 29 heavy (non-hydrogen) atoms. The summed E-state index contributed by atoms with van der Waals surface area (Å²) < 4.78 is 0. The molecule has 1 rings (SSSR count). The van der Waals surface area contributed by atoms with Crippen molar-refractivity contribution in [3.05, 3.63) is 53.3 Å². The maximum atomic E-state index is 11.2. The average molecular weight is 444 g/mol. The smallest absolute Gasteiger partial charge is 0.159 e. The molecule has 0 amide bonds. The number of aliphatic hydroxyl groups excluding tert-OH is 4. The molecule has 1 aromatic rings. The van der Waals surface area contributed by atoms with Crippen molar-refractivity contribution < 1.29 is 46.9 Å². The number of carbonyl (C=O) groups excluding carboxylic acids is 1. The van der Waals surface area contributed by atoms with E-state index in [2.05, 4.69) is 0 Å². The van der Waals surface area contributed by atoms with E-state index in [1.807, 2.05) is 42.5 Å². The summed E-state index contributed by atoms with van der Waals surface area (Å²) in [4.78, 5) is 11.2. The largest absolute Gasteiger partial charge is 0.512 e. The van der Waals surface area contributed by atoms with E-state index in [0.717, 1.165) is 5.56 Å². The molecule has 0 unspecified atom stereocenters. The van der Waals surface area contributed by atoms with Crippen LogP contribution in [0.4, 0.5) is 0 Å². The fourth-order valence-corrected chi connectivity index (χ4v) is 1.42. The molecular weight excluding hydrogens is 404 g/mol. The second kappa shape index (κ2) is 23.0. The van der Waals surface area contributed by atoms with Gasteiger partial charge in [-0.05, 0) is 67.4 Å². The summed E-state index contributed by atoms with van der Waals surface area (Å²) in [6.07, 6.45) is 3.78. The maximum absolute atomic E-state index is 11.2. The Balaban J connectivity index is -0.000000199. The molecule has 6 heteroatoms. The van der Waals surface area contributed by atoms with Gasteiger partial charge in [0.25, 0.3) is 0 Å². The molecular formula is C23H40O5Ti. The summed E-state index contributed by atoms with van der Waals surface area (Å²) in [5, 5.41) is 33.5. The first kappa shape index (κ1) is 35.2. The third-order valence-electron chi connectivity index (χ3n) is 2.29. The van der Waals surface area contributed by atoms with Crippen LogP contribution in [0.2, 0.25) is 0 Å². The minimum atomic E-state index is -0.167. The Morgan fingerprint density at radius 1 is 0.862 bits per heavy atom. The van der Waals surface area contributed by atoms with E-state index >= 15 is 0 Å². The van der Waals surface area contributed by atoms with Crippen LogP contribution in [0, 0.1) is 0 Å². The molecule has 0 aliphatic carbocycles. The minimum absolute atomic E-state index is 0. The Kier molecular flexibility index (Phi) is 28.0. The van der Waals surface area contributed by atoms with Crippen molar-refractivity contribution in [3.63, 3.8) is 0 Å². The predicted molar refractivity (Wildman–Crippen MR) is 118 cm³/mol. The number of rotatable bonds is 4. The Labute approximate surface area is 192 Å². The van der Waals surface area contributed by atoms with Crippen molar-refractivity contribution in [1.82, 2.24) is 0 Å². The predicted octanol–water partition coefficient (Wildman–Crippen LogP) is 4.67. The van der Waals surface area contributed by atoms with Gasteiger partial charge in [-0.2, -0.15) is 0 Å². The Bertz CT molecular complexity index is 523. The molecule has 0 saturated carbocycles. The Hall–Kier alpha value is -1.24. The van der Waals surface area contributed by atoms with Crippen molar-refractivity contribution in [2.75, 3.05) is 0 Å². The zero-order chi connectivity index (χ0) is 22.7. The van der Waals surface area contributed by atoms with Crippen LogP contribution in [-0.2, 0) is 26.5 Å². The van der Waals surface area contributed by atoms with E-state index < -0.39 is 0 Å². The summed E-state index contributed by atoms with van der Waals surface area (Å²) in [5.74, 6) is 0.0166. The van der Waals surface area contributed by atoms with Crippen LogP contribution in [0.5, 0.6) is 0 Å². The number of aliphatic hydroxyl groups is 4. The van der Waals surface area contributed by atoms with Crippen LogP contribution in [0.25, 0.3) is 6.08 Å². The summed E-state index contributed by atoms with van der Waals surface area (Å²) in [7, 11) is 0. The summed E-state index contributed by atoms with van der Waals surface area (Å²) in [6, 6.07) is 9.84. The van der Waals surface area contributed by atoms with Gasteiger partial charge < -0.3 is 20.4 Å². The molecule has 0 atom stereocenters. The van der Waals surface area contributed by atoms with Crippen LogP contribution < -0.4 is 0 Å². The first-order valence-corrected chi connectivity index (χ1v) is 9.46. The number of allylic oxidation sites excluding steroid dienone is 3. The van der Waals surface area contributed by atoms with Gasteiger partial charge in [0.2, 0.25) is 0 Å². The van der Waals surface area contributed by atoms with Crippen molar-refractivity contribution in [1.29, 1.82) is 0 Å². The van der Waals surface area contributed by atoms with Gasteiger partial charge >= 0.3 is 0 Å². The van der Waals surface area contributed by atoms with Gasteiger partial charge in [-0.1, -0.05) is 42.5 Å². The van der Waals surface area contributed by atoms with Crippen LogP contribution in [0.15, 0.2) is 47.7 Å². The summed E-state index contributed by atoms with van der Waals surface area (Å²) in [6.45, 7) is 13.3. The van der Waals surface area contributed by atoms with Gasteiger partial charge in [-0.3, -0.25) is 4.79 Å². The quantitative estimate of drug-likeness (QED) is 0.307. The third kappa shape index (κ3) is 38.1. The molecule has 5 nitrogen and oxygen atoms in total. The monoisotopic (exact) mass is 444 g/mol. The van der Waals surface area contributed by atoms with E-state index in [1.54, 1.807) is 41.5 Å². The third-order valence-corrected chi connectivity index (χ3v) is 2.29. The van der Waals surface area contributed by atoms with E-state index in [4.69, 9.17) is 15.3 Å². The van der Waals surface area contributed by atoms with Crippen LogP contribution in [-0.4, -0.2) is 44.5 Å². The normalized spacial score (nSPS) is 10.7. The summed E-state index contributed by atoms with van der Waals surface area (Å²) in [5.41, 5.74) is 1.55. The molecule has 0 heterocycles. The van der Waals surface area contributed by atoms with E-state index in [9.17, 15) is 9.90 Å². The van der Waals surface area contributed by atoms with Gasteiger partial charge in [-0.15, -0.1) is 0 Å². The number of hydrogen-bond acceptors (Lipinski definition) is 5. The number of benzene rings is 1. The zero-order valence-electron chi connectivity index (χ0n) is 19.2. The van der Waals surface area contributed by atoms with Crippen molar-refractivity contribution >= 4 is 11.9 Å². The van der Waals surface area contributed by atoms with Crippen molar-refractivity contribution in [3.8, 4) is 0 Å². The van der Waals surface area contributed by atoms with E-state index in [0.29, 0.717) is 12.0 Å². The van der Waals surface area contributed by atoms with E-state index in [-0.39, 0.29) is 51.6 Å². The van der Waals surface area contributed by atoms with Crippen LogP contribution in [0.3, 0.4) is 0 Å². The number of hydrogen-bond donors (Lipinski definition) is 4. The first-order chi connectivity index (χ1) is 12.8. The van der Waals surface area contributed by atoms with Crippen LogP contribution >= 0.6 is 0 Å². The molecule has 0 saturated heterocycles. The zero-order valence-corrected chi connectivity index (χ0v) is 20.7. The van der Waals surface area contributed by atoms with Gasteiger partial charge in [-0.25, -0.2) is 0 Å². The molecule has 0 spiro atoms. The van der Waals surface area contributed by atoms with Crippen LogP contribution in [0.1, 0.15) is 67.4 Å². The standard InChI is InChI=1S/C14H16O2.3C3H8O.Ti/c1-11(15)14(12(2)16)10-6-9-13-7-4-3-5-8-13;3*1-3(2)4;/h3-9,15H,10H2,1-2H3;3*3-4H,1-2H3;/b9-6-,14-11+;;;;. The fraction of sp³-hybridized carbons (Fsp3) is 0.522. The number of Topliss-reactive ketones (excluding diaryl/α,β-unsaturated/α-hetero) is 1. The van der Waals surface area contributed by atoms with Gasteiger partial charge in [0.15, 0.2) is 5.78 Å². The minimum Gasteiger partial charge on any atom is -0.512 e. The van der Waals surface area contributed by atoms with Gasteiger partial charge in [0, 0.05) is 45.6 Å². The van der Waals surface area contributed by atoms with Gasteiger partial charge in [0.05, 0.1) is 5.76 Å². The first-order valence-electron chi connectivity index (χ1n) is 9.46. The van der Waals surface area contributed by atoms with E-state index in [1.165, 1.54) is 13.8 Å². The SMILES string of the molecule is CC(=O)/C(C/C=C\c1ccccc1)=C(\C)O.CC(C)O.CC(C)O.CC(C)O.[Ti]. The fourth-order valence-electron chi connectivity index (χ4n) is 1.42. The molecule has 0 fully saturated rings. The number of ketones is 1. The molecule has 4 N–H and O–H groups in total. The molecule has 0 aromatic heterocycles. The topological polar surface area (TPSA) is 98.0 Å². The Morgan fingerprint density at radius 2 is 1.21 bits per heavy atom. The average Bonchev–Trinajstić information content (AvgIpc) is 2.50. The molecule has 0 aliphatic heterocycles. The maximum Gasteiger partial charge on any atom is 0.159 e.